The maximum atomic E-state index is 12.8. The number of nitrogens with zero attached hydrogens (tertiary/aromatic N) is 3. The second-order valence-corrected chi connectivity index (χ2v) is 5.97. The van der Waals surface area contributed by atoms with Gasteiger partial charge >= 0.3 is 5.97 Å². The van der Waals surface area contributed by atoms with Gasteiger partial charge in [0.05, 0.1) is 23.4 Å². The van der Waals surface area contributed by atoms with Crippen molar-refractivity contribution >= 4 is 11.9 Å². The molecule has 0 unspecified atom stereocenters. The molecule has 116 valence electrons. The lowest BCUT2D eigenvalue weighted by atomic mass is 10.0. The average Bonchev–Trinajstić information content (AvgIpc) is 2.36. The molecule has 0 aliphatic carbocycles. The Kier molecular flexibility index (Phi) is 5.41. The van der Waals surface area contributed by atoms with Gasteiger partial charge in [0.2, 0.25) is 0 Å². The first-order valence-electron chi connectivity index (χ1n) is 7.03. The smallest absolute Gasteiger partial charge is 0.305 e. The summed E-state index contributed by atoms with van der Waals surface area (Å²) in [7, 11) is 0. The first-order chi connectivity index (χ1) is 9.66. The topological polar surface area (TPSA) is 83.4 Å². The Morgan fingerprint density at radius 3 is 2.38 bits per heavy atom. The van der Waals surface area contributed by atoms with Crippen LogP contribution in [-0.2, 0) is 11.2 Å². The van der Waals surface area contributed by atoms with E-state index in [-0.39, 0.29) is 18.9 Å². The number of carbonyl (C=O) groups is 2. The summed E-state index contributed by atoms with van der Waals surface area (Å²) in [4.78, 5) is 25.2. The van der Waals surface area contributed by atoms with Crippen LogP contribution in [0.25, 0.3) is 0 Å². The van der Waals surface area contributed by atoms with Gasteiger partial charge in [0.15, 0.2) is 0 Å². The molecule has 21 heavy (non-hydrogen) atoms. The molecule has 1 aromatic rings. The van der Waals surface area contributed by atoms with E-state index in [9.17, 15) is 9.59 Å². The van der Waals surface area contributed by atoms with E-state index in [1.165, 1.54) is 0 Å². The highest BCUT2D eigenvalue weighted by molar-refractivity contribution is 5.96. The van der Waals surface area contributed by atoms with Crippen LogP contribution in [0.1, 0.15) is 55.9 Å². The number of aliphatic carboxylic acids is 1. The van der Waals surface area contributed by atoms with Crippen LogP contribution < -0.4 is 0 Å². The maximum absolute atomic E-state index is 12.8. The largest absolute Gasteiger partial charge is 0.481 e. The summed E-state index contributed by atoms with van der Waals surface area (Å²) in [5.74, 6) is -1.12. The molecular formula is C15H23N3O3. The van der Waals surface area contributed by atoms with Crippen LogP contribution in [0.5, 0.6) is 0 Å². The number of carboxylic acids is 1. The van der Waals surface area contributed by atoms with Crippen molar-refractivity contribution in [1.29, 1.82) is 0 Å². The minimum atomic E-state index is -0.920. The molecule has 1 amide bonds. The predicted octanol–water partition coefficient (Wildman–Crippen LogP) is 2.06. The fraction of sp³-hybridized carbons (Fsp3) is 0.600. The molecule has 0 aliphatic heterocycles. The summed E-state index contributed by atoms with van der Waals surface area (Å²) in [6.07, 6.45) is 0.521. The number of rotatable bonds is 5. The highest BCUT2D eigenvalue weighted by atomic mass is 16.4. The monoisotopic (exact) mass is 293 g/mol. The van der Waals surface area contributed by atoms with E-state index in [2.05, 4.69) is 10.2 Å². The second kappa shape index (κ2) is 6.65. The first kappa shape index (κ1) is 17.1. The van der Waals surface area contributed by atoms with Crippen molar-refractivity contribution < 1.29 is 14.7 Å². The third-order valence-corrected chi connectivity index (χ3v) is 3.16. The lowest BCUT2D eigenvalue weighted by molar-refractivity contribution is -0.137. The van der Waals surface area contributed by atoms with E-state index < -0.39 is 11.5 Å². The van der Waals surface area contributed by atoms with Crippen LogP contribution in [-0.4, -0.2) is 44.2 Å². The molecule has 0 saturated carbocycles. The summed E-state index contributed by atoms with van der Waals surface area (Å²) >= 11 is 0. The molecule has 0 fully saturated rings. The van der Waals surface area contributed by atoms with E-state index in [1.54, 1.807) is 17.9 Å². The highest BCUT2D eigenvalue weighted by Gasteiger charge is 2.29. The van der Waals surface area contributed by atoms with Crippen molar-refractivity contribution in [3.63, 3.8) is 0 Å². The van der Waals surface area contributed by atoms with Crippen molar-refractivity contribution in [3.05, 3.63) is 23.0 Å². The van der Waals surface area contributed by atoms with Gasteiger partial charge in [0.1, 0.15) is 0 Å². The van der Waals surface area contributed by atoms with Crippen molar-refractivity contribution in [2.75, 3.05) is 6.54 Å². The molecule has 0 atom stereocenters. The highest BCUT2D eigenvalue weighted by Crippen LogP contribution is 2.20. The Hall–Kier alpha value is -1.98. The minimum Gasteiger partial charge on any atom is -0.481 e. The van der Waals surface area contributed by atoms with Gasteiger partial charge in [-0.1, -0.05) is 6.92 Å². The number of carboxylic acid groups (broad SMARTS) is 1. The Balaban J connectivity index is 3.16. The Labute approximate surface area is 125 Å². The lowest BCUT2D eigenvalue weighted by Gasteiger charge is -2.35. The first-order valence-corrected chi connectivity index (χ1v) is 7.03. The van der Waals surface area contributed by atoms with Gasteiger partial charge in [-0.3, -0.25) is 9.59 Å². The van der Waals surface area contributed by atoms with Crippen LogP contribution in [0.4, 0.5) is 0 Å². The molecule has 0 aliphatic rings. The second-order valence-electron chi connectivity index (χ2n) is 5.97. The van der Waals surface area contributed by atoms with E-state index in [1.807, 2.05) is 27.7 Å². The van der Waals surface area contributed by atoms with Crippen molar-refractivity contribution in [1.82, 2.24) is 15.1 Å². The Morgan fingerprint density at radius 1 is 1.29 bits per heavy atom. The number of amides is 1. The number of aryl methyl sites for hydroxylation is 2. The molecule has 6 nitrogen and oxygen atoms in total. The van der Waals surface area contributed by atoms with Crippen LogP contribution in [0.3, 0.4) is 0 Å². The molecule has 0 saturated heterocycles. The maximum Gasteiger partial charge on any atom is 0.305 e. The van der Waals surface area contributed by atoms with E-state index in [0.29, 0.717) is 23.4 Å². The Morgan fingerprint density at radius 2 is 1.90 bits per heavy atom. The summed E-state index contributed by atoms with van der Waals surface area (Å²) in [5, 5.41) is 16.9. The van der Waals surface area contributed by atoms with Gasteiger partial charge in [-0.05, 0) is 40.2 Å². The fourth-order valence-electron chi connectivity index (χ4n) is 2.05. The quantitative estimate of drug-likeness (QED) is 0.898. The molecule has 0 radical (unpaired) electrons. The molecule has 1 heterocycles. The van der Waals surface area contributed by atoms with Gasteiger partial charge in [-0.25, -0.2) is 0 Å². The fourth-order valence-corrected chi connectivity index (χ4v) is 2.05. The van der Waals surface area contributed by atoms with Crippen LogP contribution in [0.2, 0.25) is 0 Å². The third-order valence-electron chi connectivity index (χ3n) is 3.16. The number of aromatic nitrogens is 2. The zero-order chi connectivity index (χ0) is 16.2. The molecule has 0 bridgehead atoms. The van der Waals surface area contributed by atoms with E-state index in [0.717, 1.165) is 0 Å². The SMILES string of the molecule is CCc1nnc(C)cc1C(=O)N(CCC(=O)O)C(C)(C)C. The Bertz CT molecular complexity index is 535. The summed E-state index contributed by atoms with van der Waals surface area (Å²) in [5.41, 5.74) is 1.34. The summed E-state index contributed by atoms with van der Waals surface area (Å²) in [6, 6.07) is 1.72. The number of hydrogen-bond donors (Lipinski definition) is 1. The van der Waals surface area contributed by atoms with Gasteiger partial charge in [-0.2, -0.15) is 10.2 Å². The normalized spacial score (nSPS) is 11.3. The van der Waals surface area contributed by atoms with E-state index >= 15 is 0 Å². The third kappa shape index (κ3) is 4.51. The zero-order valence-electron chi connectivity index (χ0n) is 13.3. The molecule has 1 rings (SSSR count). The predicted molar refractivity (Wildman–Crippen MR) is 79.2 cm³/mol. The molecule has 1 aromatic heterocycles. The van der Waals surface area contributed by atoms with Gasteiger partial charge < -0.3 is 10.0 Å². The van der Waals surface area contributed by atoms with Gasteiger partial charge in [-0.15, -0.1) is 0 Å². The summed E-state index contributed by atoms with van der Waals surface area (Å²) < 4.78 is 0. The van der Waals surface area contributed by atoms with Crippen LogP contribution in [0.15, 0.2) is 6.07 Å². The lowest BCUT2D eigenvalue weighted by Crippen LogP contribution is -2.47. The molecule has 0 spiro atoms. The minimum absolute atomic E-state index is 0.0814. The average molecular weight is 293 g/mol. The number of hydrogen-bond acceptors (Lipinski definition) is 4. The van der Waals surface area contributed by atoms with Crippen LogP contribution >= 0.6 is 0 Å². The molecular weight excluding hydrogens is 270 g/mol. The molecule has 1 N–H and O–H groups in total. The van der Waals surface area contributed by atoms with Gasteiger partial charge in [0, 0.05) is 12.1 Å². The van der Waals surface area contributed by atoms with Gasteiger partial charge in [0.25, 0.3) is 5.91 Å². The number of carbonyl (C=O) groups excluding carboxylic acids is 1. The van der Waals surface area contributed by atoms with E-state index in [4.69, 9.17) is 5.11 Å². The zero-order valence-corrected chi connectivity index (χ0v) is 13.3. The van der Waals surface area contributed by atoms with Crippen molar-refractivity contribution in [2.24, 2.45) is 0 Å². The molecule has 0 aromatic carbocycles. The van der Waals surface area contributed by atoms with Crippen LogP contribution in [0, 0.1) is 6.92 Å². The summed E-state index contributed by atoms with van der Waals surface area (Å²) in [6.45, 7) is 9.53. The standard InChI is InChI=1S/C15H23N3O3/c1-6-12-11(9-10(2)16-17-12)14(21)18(15(3,4)5)8-7-13(19)20/h9H,6-8H2,1-5H3,(H,19,20). The molecule has 6 heteroatoms. The van der Waals surface area contributed by atoms with Crippen molar-refractivity contribution in [3.8, 4) is 0 Å². The van der Waals surface area contributed by atoms with Crippen molar-refractivity contribution in [2.45, 2.75) is 53.0 Å².